The molecule has 3 aromatic heterocycles. The number of hydrogen-bond donors (Lipinski definition) is 1. The van der Waals surface area contributed by atoms with Crippen molar-refractivity contribution in [2.24, 2.45) is 0 Å². The van der Waals surface area contributed by atoms with E-state index in [2.05, 4.69) is 38.6 Å². The van der Waals surface area contributed by atoms with Gasteiger partial charge in [0.2, 0.25) is 0 Å². The lowest BCUT2D eigenvalue weighted by molar-refractivity contribution is 0.602. The second-order valence-corrected chi connectivity index (χ2v) is 4.71. The molecule has 0 atom stereocenters. The summed E-state index contributed by atoms with van der Waals surface area (Å²) in [5, 5.41) is 11.7. The molecule has 0 aliphatic carbocycles. The quantitative estimate of drug-likeness (QED) is 0.747. The molecule has 108 valence electrons. The summed E-state index contributed by atoms with van der Waals surface area (Å²) >= 11 is 0. The van der Waals surface area contributed by atoms with E-state index in [1.165, 1.54) is 6.33 Å². The van der Waals surface area contributed by atoms with E-state index in [9.17, 15) is 0 Å². The van der Waals surface area contributed by atoms with E-state index in [1.54, 1.807) is 17.2 Å². The number of aryl methyl sites for hydroxylation is 1. The van der Waals surface area contributed by atoms with Gasteiger partial charge in [-0.15, -0.1) is 0 Å². The zero-order chi connectivity index (χ0) is 14.5. The van der Waals surface area contributed by atoms with E-state index >= 15 is 0 Å². The first-order valence-corrected chi connectivity index (χ1v) is 6.91. The van der Waals surface area contributed by atoms with Gasteiger partial charge in [-0.1, -0.05) is 6.92 Å². The number of nitrogens with one attached hydrogen (secondary N) is 1. The van der Waals surface area contributed by atoms with E-state index in [4.69, 9.17) is 0 Å². The van der Waals surface area contributed by atoms with Crippen LogP contribution in [-0.4, -0.2) is 29.5 Å². The van der Waals surface area contributed by atoms with Crippen LogP contribution in [0, 0.1) is 0 Å². The lowest BCUT2D eigenvalue weighted by Crippen LogP contribution is -2.02. The highest BCUT2D eigenvalue weighted by atomic mass is 15.3. The zero-order valence-corrected chi connectivity index (χ0v) is 11.8. The summed E-state index contributed by atoms with van der Waals surface area (Å²) in [4.78, 5) is 8.25. The van der Waals surface area contributed by atoms with Crippen LogP contribution in [0.2, 0.25) is 0 Å². The molecule has 0 aliphatic rings. The Kier molecular flexibility index (Phi) is 3.90. The minimum absolute atomic E-state index is 0.730. The van der Waals surface area contributed by atoms with Gasteiger partial charge >= 0.3 is 0 Å². The van der Waals surface area contributed by atoms with Gasteiger partial charge < -0.3 is 5.32 Å². The molecule has 0 unspecified atom stereocenters. The molecular weight excluding hydrogens is 266 g/mol. The summed E-state index contributed by atoms with van der Waals surface area (Å²) in [6.07, 6.45) is 9.93. The normalized spacial score (nSPS) is 10.7. The van der Waals surface area contributed by atoms with E-state index in [0.717, 1.165) is 36.6 Å². The van der Waals surface area contributed by atoms with Crippen LogP contribution in [0.3, 0.4) is 0 Å². The Labute approximate surface area is 122 Å². The smallest absolute Gasteiger partial charge is 0.155 e. The molecule has 0 bridgehead atoms. The number of pyridine rings is 1. The van der Waals surface area contributed by atoms with Crippen molar-refractivity contribution in [3.8, 4) is 5.82 Å². The molecule has 1 N–H and O–H groups in total. The molecule has 0 amide bonds. The largest absolute Gasteiger partial charge is 0.380 e. The number of hydrogen-bond acceptors (Lipinski definition) is 5. The summed E-state index contributed by atoms with van der Waals surface area (Å²) < 4.78 is 3.58. The van der Waals surface area contributed by atoms with Crippen molar-refractivity contribution in [1.82, 2.24) is 29.5 Å². The highest BCUT2D eigenvalue weighted by Gasteiger charge is 2.01. The third kappa shape index (κ3) is 3.25. The van der Waals surface area contributed by atoms with Crippen LogP contribution in [0.1, 0.15) is 18.9 Å². The second-order valence-electron chi connectivity index (χ2n) is 4.71. The Hall–Kier alpha value is -2.70. The summed E-state index contributed by atoms with van der Waals surface area (Å²) in [6, 6.07) is 3.87. The fourth-order valence-electron chi connectivity index (χ4n) is 2.01. The molecule has 0 spiro atoms. The number of rotatable bonds is 6. The van der Waals surface area contributed by atoms with Gasteiger partial charge in [-0.3, -0.25) is 4.68 Å². The maximum atomic E-state index is 4.35. The van der Waals surface area contributed by atoms with Crippen LogP contribution in [-0.2, 0) is 13.1 Å². The summed E-state index contributed by atoms with van der Waals surface area (Å²) in [5.41, 5.74) is 2.12. The van der Waals surface area contributed by atoms with Crippen molar-refractivity contribution in [3.63, 3.8) is 0 Å². The number of anilines is 1. The van der Waals surface area contributed by atoms with Gasteiger partial charge in [0.1, 0.15) is 12.7 Å². The maximum absolute atomic E-state index is 4.35. The Morgan fingerprint density at radius 2 is 2.14 bits per heavy atom. The van der Waals surface area contributed by atoms with Gasteiger partial charge in [-0.05, 0) is 18.6 Å². The summed E-state index contributed by atoms with van der Waals surface area (Å²) in [7, 11) is 0. The highest BCUT2D eigenvalue weighted by Crippen LogP contribution is 2.10. The van der Waals surface area contributed by atoms with Crippen molar-refractivity contribution in [3.05, 3.63) is 48.9 Å². The van der Waals surface area contributed by atoms with Gasteiger partial charge in [-0.2, -0.15) is 10.2 Å². The topological polar surface area (TPSA) is 73.5 Å². The van der Waals surface area contributed by atoms with E-state index < -0.39 is 0 Å². The van der Waals surface area contributed by atoms with Crippen LogP contribution < -0.4 is 5.32 Å². The molecule has 0 radical (unpaired) electrons. The van der Waals surface area contributed by atoms with Crippen molar-refractivity contribution in [1.29, 1.82) is 0 Å². The van der Waals surface area contributed by atoms with Crippen LogP contribution in [0.15, 0.2) is 43.4 Å². The molecule has 0 saturated carbocycles. The molecule has 0 aliphatic heterocycles. The predicted molar refractivity (Wildman–Crippen MR) is 79.0 cm³/mol. The number of aromatic nitrogens is 6. The molecule has 21 heavy (non-hydrogen) atoms. The van der Waals surface area contributed by atoms with Crippen LogP contribution in [0.4, 0.5) is 5.69 Å². The fourth-order valence-corrected chi connectivity index (χ4v) is 2.01. The Balaban J connectivity index is 1.60. The van der Waals surface area contributed by atoms with Gasteiger partial charge in [0.25, 0.3) is 0 Å². The first kappa shape index (κ1) is 13.3. The second kappa shape index (κ2) is 6.17. The van der Waals surface area contributed by atoms with E-state index in [-0.39, 0.29) is 0 Å². The van der Waals surface area contributed by atoms with Gasteiger partial charge in [0.05, 0.1) is 18.1 Å². The molecule has 0 saturated heterocycles. The van der Waals surface area contributed by atoms with Crippen molar-refractivity contribution < 1.29 is 0 Å². The average Bonchev–Trinajstić information content (AvgIpc) is 3.18. The van der Waals surface area contributed by atoms with Gasteiger partial charge in [0, 0.05) is 24.8 Å². The molecule has 3 aromatic rings. The van der Waals surface area contributed by atoms with Gasteiger partial charge in [0.15, 0.2) is 5.82 Å². The lowest BCUT2D eigenvalue weighted by atomic mass is 10.3. The van der Waals surface area contributed by atoms with Crippen molar-refractivity contribution in [2.75, 3.05) is 5.32 Å². The van der Waals surface area contributed by atoms with Crippen LogP contribution >= 0.6 is 0 Å². The predicted octanol–water partition coefficient (Wildman–Crippen LogP) is 1.88. The molecule has 7 nitrogen and oxygen atoms in total. The molecule has 3 heterocycles. The lowest BCUT2D eigenvalue weighted by Gasteiger charge is -2.05. The number of nitrogens with zero attached hydrogens (tertiary/aromatic N) is 6. The van der Waals surface area contributed by atoms with Crippen molar-refractivity contribution >= 4 is 5.69 Å². The third-order valence-corrected chi connectivity index (χ3v) is 3.04. The molecule has 0 fully saturated rings. The SMILES string of the molecule is CCCn1cc(CNc2ccc(-n3cncn3)nc2)cn1. The Morgan fingerprint density at radius 1 is 1.19 bits per heavy atom. The standard InChI is InChI=1S/C14H17N7/c1-2-5-20-9-12(7-18-20)6-16-13-3-4-14(17-8-13)21-11-15-10-19-21/h3-4,7-11,16H,2,5-6H2,1H3. The van der Waals surface area contributed by atoms with Crippen LogP contribution in [0.25, 0.3) is 5.82 Å². The van der Waals surface area contributed by atoms with Gasteiger partial charge in [-0.25, -0.2) is 14.6 Å². The first-order chi connectivity index (χ1) is 10.3. The van der Waals surface area contributed by atoms with Crippen LogP contribution in [0.5, 0.6) is 0 Å². The zero-order valence-electron chi connectivity index (χ0n) is 11.8. The summed E-state index contributed by atoms with van der Waals surface area (Å²) in [5.74, 6) is 0.744. The molecule has 0 aromatic carbocycles. The van der Waals surface area contributed by atoms with E-state index in [1.807, 2.05) is 23.0 Å². The molecule has 3 rings (SSSR count). The minimum atomic E-state index is 0.730. The third-order valence-electron chi connectivity index (χ3n) is 3.04. The van der Waals surface area contributed by atoms with E-state index in [0.29, 0.717) is 0 Å². The highest BCUT2D eigenvalue weighted by molar-refractivity contribution is 5.43. The Morgan fingerprint density at radius 3 is 2.86 bits per heavy atom. The molecular formula is C14H17N7. The fraction of sp³-hybridized carbons (Fsp3) is 0.286. The Bertz CT molecular complexity index is 670. The monoisotopic (exact) mass is 283 g/mol. The molecule has 7 heteroatoms. The maximum Gasteiger partial charge on any atom is 0.155 e. The first-order valence-electron chi connectivity index (χ1n) is 6.91. The average molecular weight is 283 g/mol. The van der Waals surface area contributed by atoms with Crippen molar-refractivity contribution in [2.45, 2.75) is 26.4 Å². The minimum Gasteiger partial charge on any atom is -0.380 e. The summed E-state index contributed by atoms with van der Waals surface area (Å²) in [6.45, 7) is 3.82.